The van der Waals surface area contributed by atoms with Gasteiger partial charge in [0.25, 0.3) is 0 Å². The molecule has 9 nitrogen and oxygen atoms in total. The summed E-state index contributed by atoms with van der Waals surface area (Å²) in [6, 6.07) is 19.9. The maximum atomic E-state index is 13.7. The Balaban J connectivity index is 1.24. The van der Waals surface area contributed by atoms with Crippen molar-refractivity contribution in [3.05, 3.63) is 71.8 Å². The third kappa shape index (κ3) is 5.22. The summed E-state index contributed by atoms with van der Waals surface area (Å²) < 4.78 is 5.47. The lowest BCUT2D eigenvalue weighted by Gasteiger charge is -2.38. The topological polar surface area (TPSA) is 120 Å². The molecule has 198 valence electrons. The summed E-state index contributed by atoms with van der Waals surface area (Å²) in [5.74, 6) is -0.782. The van der Waals surface area contributed by atoms with Crippen LogP contribution in [-0.4, -0.2) is 76.9 Å². The van der Waals surface area contributed by atoms with Crippen LogP contribution in [-0.2, 0) is 20.9 Å². The van der Waals surface area contributed by atoms with E-state index in [-0.39, 0.29) is 42.8 Å². The van der Waals surface area contributed by atoms with Crippen molar-refractivity contribution in [2.45, 2.75) is 49.9 Å². The fourth-order valence-electron chi connectivity index (χ4n) is 5.99. The summed E-state index contributed by atoms with van der Waals surface area (Å²) in [6.07, 6.45) is 1.27. The van der Waals surface area contributed by atoms with Crippen molar-refractivity contribution in [2.24, 2.45) is 11.7 Å². The molecule has 38 heavy (non-hydrogen) atoms. The van der Waals surface area contributed by atoms with E-state index in [2.05, 4.69) is 6.07 Å². The van der Waals surface area contributed by atoms with Crippen LogP contribution in [0.4, 0.5) is 4.79 Å². The third-order valence-electron chi connectivity index (χ3n) is 8.00. The van der Waals surface area contributed by atoms with Crippen LogP contribution in [0.15, 0.2) is 60.7 Å². The van der Waals surface area contributed by atoms with Crippen molar-refractivity contribution >= 4 is 17.9 Å². The van der Waals surface area contributed by atoms with E-state index in [1.165, 1.54) is 4.90 Å². The van der Waals surface area contributed by atoms with Crippen LogP contribution in [0, 0.1) is 17.2 Å². The molecular weight excluding hydrogens is 482 g/mol. The number of amides is 3. The Labute approximate surface area is 222 Å². The van der Waals surface area contributed by atoms with Gasteiger partial charge < -0.3 is 25.2 Å². The van der Waals surface area contributed by atoms with Gasteiger partial charge in [0.2, 0.25) is 11.8 Å². The first-order valence-electron chi connectivity index (χ1n) is 13.2. The maximum Gasteiger partial charge on any atom is 0.410 e. The van der Waals surface area contributed by atoms with Crippen LogP contribution in [0.25, 0.3) is 0 Å². The summed E-state index contributed by atoms with van der Waals surface area (Å²) >= 11 is 0. The average molecular weight is 516 g/mol. The second kappa shape index (κ2) is 11.2. The van der Waals surface area contributed by atoms with Gasteiger partial charge in [0.1, 0.15) is 18.7 Å². The number of hydrogen-bond donors (Lipinski definition) is 1. The van der Waals surface area contributed by atoms with Gasteiger partial charge in [-0.05, 0) is 30.4 Å². The Morgan fingerprint density at radius 1 is 0.947 bits per heavy atom. The van der Waals surface area contributed by atoms with Crippen molar-refractivity contribution in [3.63, 3.8) is 0 Å². The molecule has 2 aromatic carbocycles. The Bertz CT molecular complexity index is 1200. The number of carbonyl (C=O) groups is 3. The molecule has 3 fully saturated rings. The Morgan fingerprint density at radius 3 is 2.37 bits per heavy atom. The highest BCUT2D eigenvalue weighted by molar-refractivity contribution is 5.91. The standard InChI is InChI=1S/C29H33N5O4/c30-15-22-16-33(17-24(22)21-9-5-2-6-10-21)28(36)26-12-11-23-13-14-32(18-25(31)27(35)34(23)26)29(37)38-19-20-7-3-1-4-8-20/h1-10,22-26H,11-14,16-19,31H2/t22-,23-,24+,25+,26+/m1/s1. The fourth-order valence-corrected chi connectivity index (χ4v) is 5.99. The molecular formula is C29H33N5O4. The summed E-state index contributed by atoms with van der Waals surface area (Å²) in [7, 11) is 0. The van der Waals surface area contributed by atoms with Gasteiger partial charge in [-0.3, -0.25) is 9.59 Å². The van der Waals surface area contributed by atoms with Crippen molar-refractivity contribution in [1.82, 2.24) is 14.7 Å². The third-order valence-corrected chi connectivity index (χ3v) is 8.00. The molecule has 0 aromatic heterocycles. The quantitative estimate of drug-likeness (QED) is 0.668. The summed E-state index contributed by atoms with van der Waals surface area (Å²) in [5.41, 5.74) is 8.21. The number of benzene rings is 2. The zero-order valence-electron chi connectivity index (χ0n) is 21.3. The number of ether oxygens (including phenoxy) is 1. The van der Waals surface area contributed by atoms with Gasteiger partial charge in [-0.25, -0.2) is 4.79 Å². The number of nitrogens with zero attached hydrogens (tertiary/aromatic N) is 4. The molecule has 3 saturated heterocycles. The normalized spacial score (nSPS) is 27.3. The Hall–Kier alpha value is -3.90. The summed E-state index contributed by atoms with van der Waals surface area (Å²) in [6.45, 7) is 1.39. The largest absolute Gasteiger partial charge is 0.445 e. The number of hydrogen-bond acceptors (Lipinski definition) is 6. The van der Waals surface area contributed by atoms with Crippen LogP contribution in [0.3, 0.4) is 0 Å². The van der Waals surface area contributed by atoms with Crippen molar-refractivity contribution in [1.29, 1.82) is 5.26 Å². The van der Waals surface area contributed by atoms with Gasteiger partial charge in [0.15, 0.2) is 0 Å². The van der Waals surface area contributed by atoms with Crippen LogP contribution in [0.1, 0.15) is 36.3 Å². The van der Waals surface area contributed by atoms with E-state index in [9.17, 15) is 19.6 Å². The number of fused-ring (bicyclic) bond motifs is 1. The second-order valence-electron chi connectivity index (χ2n) is 10.4. The van der Waals surface area contributed by atoms with E-state index >= 15 is 0 Å². The van der Waals surface area contributed by atoms with Crippen molar-refractivity contribution < 1.29 is 19.1 Å². The first kappa shape index (κ1) is 25.7. The van der Waals surface area contributed by atoms with Gasteiger partial charge in [0.05, 0.1) is 12.0 Å². The first-order valence-corrected chi connectivity index (χ1v) is 13.2. The zero-order chi connectivity index (χ0) is 26.6. The van der Waals surface area contributed by atoms with E-state index in [0.29, 0.717) is 38.9 Å². The smallest absolute Gasteiger partial charge is 0.410 e. The lowest BCUT2D eigenvalue weighted by Crippen LogP contribution is -2.59. The molecule has 0 radical (unpaired) electrons. The number of likely N-dealkylation sites (tertiary alicyclic amines) is 1. The highest BCUT2D eigenvalue weighted by Crippen LogP contribution is 2.35. The maximum absolute atomic E-state index is 13.7. The highest BCUT2D eigenvalue weighted by atomic mass is 16.6. The van der Waals surface area contributed by atoms with E-state index in [4.69, 9.17) is 10.5 Å². The predicted octanol–water partition coefficient (Wildman–Crippen LogP) is 2.48. The molecule has 5 rings (SSSR count). The molecule has 2 N–H and O–H groups in total. The zero-order valence-corrected chi connectivity index (χ0v) is 21.3. The summed E-state index contributed by atoms with van der Waals surface area (Å²) in [5, 5.41) is 9.76. The van der Waals surface area contributed by atoms with Gasteiger partial charge in [-0.15, -0.1) is 0 Å². The lowest BCUT2D eigenvalue weighted by atomic mass is 9.90. The van der Waals surface area contributed by atoms with Crippen molar-refractivity contribution in [2.75, 3.05) is 26.2 Å². The van der Waals surface area contributed by atoms with Gasteiger partial charge in [-0.1, -0.05) is 60.7 Å². The van der Waals surface area contributed by atoms with E-state index in [0.717, 1.165) is 11.1 Å². The minimum atomic E-state index is -0.946. The molecule has 9 heteroatoms. The number of carbonyl (C=O) groups excluding carboxylic acids is 3. The highest BCUT2D eigenvalue weighted by Gasteiger charge is 2.47. The molecule has 5 atom stereocenters. The molecule has 3 amide bonds. The van der Waals surface area contributed by atoms with E-state index in [1.54, 1.807) is 9.80 Å². The predicted molar refractivity (Wildman–Crippen MR) is 139 cm³/mol. The molecule has 0 aliphatic carbocycles. The molecule has 0 unspecified atom stereocenters. The summed E-state index contributed by atoms with van der Waals surface area (Å²) in [4.78, 5) is 44.8. The molecule has 0 spiro atoms. The number of nitrogens with two attached hydrogens (primary N) is 1. The first-order chi connectivity index (χ1) is 18.5. The SMILES string of the molecule is N#C[C@@H]1CN(C(=O)[C@@H]2CC[C@@H]3CCN(C(=O)OCc4ccccc4)C[C@H](N)C(=O)N32)C[C@H]1c1ccccc1. The van der Waals surface area contributed by atoms with Gasteiger partial charge in [-0.2, -0.15) is 5.26 Å². The molecule has 3 aliphatic heterocycles. The molecule has 0 bridgehead atoms. The minimum Gasteiger partial charge on any atom is -0.445 e. The number of rotatable bonds is 4. The minimum absolute atomic E-state index is 0.0346. The number of nitriles is 1. The van der Waals surface area contributed by atoms with Crippen LogP contribution in [0.5, 0.6) is 0 Å². The van der Waals surface area contributed by atoms with Crippen LogP contribution < -0.4 is 5.73 Å². The van der Waals surface area contributed by atoms with Gasteiger partial charge in [0, 0.05) is 38.1 Å². The molecule has 3 aliphatic rings. The van der Waals surface area contributed by atoms with Crippen LogP contribution in [0.2, 0.25) is 0 Å². The van der Waals surface area contributed by atoms with Crippen molar-refractivity contribution in [3.8, 4) is 6.07 Å². The molecule has 3 heterocycles. The average Bonchev–Trinajstić information content (AvgIpc) is 3.58. The lowest BCUT2D eigenvalue weighted by molar-refractivity contribution is -0.146. The van der Waals surface area contributed by atoms with Gasteiger partial charge >= 0.3 is 6.09 Å². The molecule has 0 saturated carbocycles. The Morgan fingerprint density at radius 2 is 1.66 bits per heavy atom. The Kier molecular flexibility index (Phi) is 7.61. The second-order valence-corrected chi connectivity index (χ2v) is 10.4. The van der Waals surface area contributed by atoms with Crippen LogP contribution >= 0.6 is 0 Å². The van der Waals surface area contributed by atoms with E-state index < -0.39 is 18.2 Å². The molecule has 2 aromatic rings. The monoisotopic (exact) mass is 515 g/mol. The fraction of sp³-hybridized carbons (Fsp3) is 0.448. The van der Waals surface area contributed by atoms with E-state index in [1.807, 2.05) is 60.7 Å².